The van der Waals surface area contributed by atoms with Crippen molar-refractivity contribution in [3.05, 3.63) is 63.9 Å². The topological polar surface area (TPSA) is 38.0 Å². The first-order chi connectivity index (χ1) is 10.1. The molecule has 0 bridgehead atoms. The minimum Gasteiger partial charge on any atom is -0.378 e. The van der Waals surface area contributed by atoms with E-state index in [1.807, 2.05) is 0 Å². The summed E-state index contributed by atoms with van der Waals surface area (Å²) >= 11 is 3.52. The van der Waals surface area contributed by atoms with Crippen molar-refractivity contribution in [3.8, 4) is 0 Å². The Morgan fingerprint density at radius 2 is 1.90 bits per heavy atom. The van der Waals surface area contributed by atoms with Crippen LogP contribution in [0.5, 0.6) is 0 Å². The van der Waals surface area contributed by atoms with Gasteiger partial charge in [-0.15, -0.1) is 0 Å². The van der Waals surface area contributed by atoms with Gasteiger partial charge < -0.3 is 11.1 Å². The molecule has 0 saturated heterocycles. The molecule has 0 fully saturated rings. The average molecular weight is 349 g/mol. The number of halogens is 2. The number of fused-ring (bicyclic) bond motifs is 1. The first-order valence-corrected chi connectivity index (χ1v) is 7.91. The molecule has 0 aliphatic heterocycles. The number of hydrogen-bond acceptors (Lipinski definition) is 2. The predicted molar refractivity (Wildman–Crippen MR) is 88.0 cm³/mol. The third-order valence-corrected chi connectivity index (χ3v) is 4.71. The van der Waals surface area contributed by atoms with Gasteiger partial charge in [-0.25, -0.2) is 4.39 Å². The number of rotatable bonds is 3. The lowest BCUT2D eigenvalue weighted by molar-refractivity contribution is 0.417. The third-order valence-electron chi connectivity index (χ3n) is 4.21. The fraction of sp³-hybridized carbons (Fsp3) is 0.294. The Morgan fingerprint density at radius 1 is 1.14 bits per heavy atom. The molecule has 0 heterocycles. The van der Waals surface area contributed by atoms with Crippen LogP contribution in [0.15, 0.2) is 46.9 Å². The van der Waals surface area contributed by atoms with Crippen LogP contribution in [0.3, 0.4) is 0 Å². The Hall–Kier alpha value is -1.39. The van der Waals surface area contributed by atoms with Crippen molar-refractivity contribution in [2.45, 2.75) is 24.8 Å². The van der Waals surface area contributed by atoms with Crippen molar-refractivity contribution in [2.75, 3.05) is 11.9 Å². The first kappa shape index (κ1) is 14.5. The van der Waals surface area contributed by atoms with Gasteiger partial charge in [0.2, 0.25) is 0 Å². The number of nitrogens with two attached hydrogens (primary N) is 1. The number of benzene rings is 2. The zero-order valence-corrected chi connectivity index (χ0v) is 13.3. The van der Waals surface area contributed by atoms with E-state index in [9.17, 15) is 4.39 Å². The van der Waals surface area contributed by atoms with Gasteiger partial charge in [-0.3, -0.25) is 0 Å². The van der Waals surface area contributed by atoms with Crippen LogP contribution in [0.25, 0.3) is 0 Å². The molecule has 0 amide bonds. The van der Waals surface area contributed by atoms with Crippen LogP contribution in [-0.4, -0.2) is 12.1 Å². The van der Waals surface area contributed by atoms with Gasteiger partial charge in [0, 0.05) is 16.7 Å². The molecule has 0 spiro atoms. The van der Waals surface area contributed by atoms with Gasteiger partial charge in [0.05, 0.1) is 5.54 Å². The van der Waals surface area contributed by atoms with Gasteiger partial charge in [-0.2, -0.15) is 0 Å². The van der Waals surface area contributed by atoms with Crippen LogP contribution in [0.1, 0.15) is 17.5 Å². The maximum absolute atomic E-state index is 13.0. The second-order valence-corrected chi connectivity index (χ2v) is 6.62. The molecule has 2 aromatic carbocycles. The van der Waals surface area contributed by atoms with Crippen LogP contribution >= 0.6 is 15.9 Å². The second-order valence-electron chi connectivity index (χ2n) is 5.71. The molecule has 4 heteroatoms. The minimum atomic E-state index is -0.221. The molecule has 1 aliphatic rings. The summed E-state index contributed by atoms with van der Waals surface area (Å²) in [5.41, 5.74) is 9.54. The highest BCUT2D eigenvalue weighted by Gasteiger charge is 2.33. The molecule has 1 aliphatic carbocycles. The maximum atomic E-state index is 13.0. The summed E-state index contributed by atoms with van der Waals surface area (Å²) in [5, 5.41) is 3.52. The highest BCUT2D eigenvalue weighted by atomic mass is 79.9. The Balaban J connectivity index is 1.85. The number of aryl methyl sites for hydroxylation is 1. The van der Waals surface area contributed by atoms with E-state index in [2.05, 4.69) is 39.4 Å². The van der Waals surface area contributed by atoms with E-state index in [4.69, 9.17) is 5.73 Å². The van der Waals surface area contributed by atoms with Crippen molar-refractivity contribution in [2.24, 2.45) is 5.73 Å². The number of hydrogen-bond donors (Lipinski definition) is 2. The molecule has 21 heavy (non-hydrogen) atoms. The van der Waals surface area contributed by atoms with Gasteiger partial charge in [-0.1, -0.05) is 22.0 Å². The smallest absolute Gasteiger partial charge is 0.123 e. The number of anilines is 1. The van der Waals surface area contributed by atoms with E-state index in [-0.39, 0.29) is 11.4 Å². The van der Waals surface area contributed by atoms with E-state index in [1.165, 1.54) is 23.3 Å². The lowest BCUT2D eigenvalue weighted by atomic mass is 9.77. The van der Waals surface area contributed by atoms with Gasteiger partial charge in [0.1, 0.15) is 5.82 Å². The summed E-state index contributed by atoms with van der Waals surface area (Å²) in [6, 6.07) is 12.9. The van der Waals surface area contributed by atoms with Crippen LogP contribution < -0.4 is 11.1 Å². The SMILES string of the molecule is NCC1(Nc2ccc(F)cc2)CCc2cc(Br)ccc2C1. The summed E-state index contributed by atoms with van der Waals surface area (Å²) < 4.78 is 14.1. The van der Waals surface area contributed by atoms with Crippen LogP contribution in [0.2, 0.25) is 0 Å². The molecule has 110 valence electrons. The highest BCUT2D eigenvalue weighted by Crippen LogP contribution is 2.32. The zero-order chi connectivity index (χ0) is 14.9. The highest BCUT2D eigenvalue weighted by molar-refractivity contribution is 9.10. The minimum absolute atomic E-state index is 0.154. The molecule has 0 radical (unpaired) electrons. The Labute approximate surface area is 132 Å². The fourth-order valence-corrected chi connectivity index (χ4v) is 3.41. The Kier molecular flexibility index (Phi) is 4.00. The summed E-state index contributed by atoms with van der Waals surface area (Å²) in [7, 11) is 0. The van der Waals surface area contributed by atoms with Gasteiger partial charge in [0.15, 0.2) is 0 Å². The second kappa shape index (κ2) is 5.78. The van der Waals surface area contributed by atoms with Crippen molar-refractivity contribution in [3.63, 3.8) is 0 Å². The molecular weight excluding hydrogens is 331 g/mol. The van der Waals surface area contributed by atoms with E-state index >= 15 is 0 Å². The van der Waals surface area contributed by atoms with Gasteiger partial charge in [-0.05, 0) is 66.8 Å². The summed E-state index contributed by atoms with van der Waals surface area (Å²) in [4.78, 5) is 0. The monoisotopic (exact) mass is 348 g/mol. The van der Waals surface area contributed by atoms with Crippen molar-refractivity contribution in [1.82, 2.24) is 0 Å². The molecule has 3 rings (SSSR count). The zero-order valence-electron chi connectivity index (χ0n) is 11.7. The molecule has 3 N–H and O–H groups in total. The van der Waals surface area contributed by atoms with Gasteiger partial charge >= 0.3 is 0 Å². The predicted octanol–water partition coefficient (Wildman–Crippen LogP) is 3.89. The van der Waals surface area contributed by atoms with Gasteiger partial charge in [0.25, 0.3) is 0 Å². The van der Waals surface area contributed by atoms with E-state index in [0.717, 1.165) is 29.4 Å². The molecule has 2 aromatic rings. The van der Waals surface area contributed by atoms with Crippen LogP contribution in [-0.2, 0) is 12.8 Å². The lowest BCUT2D eigenvalue weighted by Gasteiger charge is -2.39. The molecule has 0 aromatic heterocycles. The summed E-state index contributed by atoms with van der Waals surface area (Å²) in [5.74, 6) is -0.221. The van der Waals surface area contributed by atoms with Crippen molar-refractivity contribution >= 4 is 21.6 Å². The quantitative estimate of drug-likeness (QED) is 0.882. The van der Waals surface area contributed by atoms with Crippen molar-refractivity contribution in [1.29, 1.82) is 0 Å². The summed E-state index contributed by atoms with van der Waals surface area (Å²) in [6.07, 6.45) is 2.87. The van der Waals surface area contributed by atoms with E-state index < -0.39 is 0 Å². The van der Waals surface area contributed by atoms with Crippen LogP contribution in [0.4, 0.5) is 10.1 Å². The molecule has 2 nitrogen and oxygen atoms in total. The Bertz CT molecular complexity index is 642. The Morgan fingerprint density at radius 3 is 2.62 bits per heavy atom. The molecular formula is C17H18BrFN2. The first-order valence-electron chi connectivity index (χ1n) is 7.11. The number of nitrogens with one attached hydrogen (secondary N) is 1. The summed E-state index contributed by atoms with van der Waals surface area (Å²) in [6.45, 7) is 0.555. The van der Waals surface area contributed by atoms with Crippen molar-refractivity contribution < 1.29 is 4.39 Å². The molecule has 1 atom stereocenters. The maximum Gasteiger partial charge on any atom is 0.123 e. The van der Waals surface area contributed by atoms with Crippen LogP contribution in [0, 0.1) is 5.82 Å². The molecule has 0 saturated carbocycles. The largest absolute Gasteiger partial charge is 0.378 e. The lowest BCUT2D eigenvalue weighted by Crippen LogP contribution is -2.49. The average Bonchev–Trinajstić information content (AvgIpc) is 2.50. The standard InChI is InChI=1S/C17H18BrFN2/c18-14-2-1-13-10-17(11-20,8-7-12(13)9-14)21-16-5-3-15(19)4-6-16/h1-6,9,21H,7-8,10-11,20H2. The van der Waals surface area contributed by atoms with E-state index in [1.54, 1.807) is 12.1 Å². The molecule has 1 unspecified atom stereocenters. The fourth-order valence-electron chi connectivity index (χ4n) is 3.00. The third kappa shape index (κ3) is 3.11. The normalized spacial score (nSPS) is 20.9. The van der Waals surface area contributed by atoms with E-state index in [0.29, 0.717) is 6.54 Å².